The van der Waals surface area contributed by atoms with Crippen LogP contribution >= 0.6 is 11.8 Å². The van der Waals surface area contributed by atoms with Gasteiger partial charge in [-0.05, 0) is 25.7 Å². The van der Waals surface area contributed by atoms with Crippen molar-refractivity contribution in [2.45, 2.75) is 63.1 Å². The Balaban J connectivity index is 2.36. The minimum atomic E-state index is -0.815. The number of aromatic nitrogens is 3. The quantitative estimate of drug-likeness (QED) is 0.813. The number of aliphatic carboxylic acids is 1. The zero-order chi connectivity index (χ0) is 14.0. The zero-order valence-electron chi connectivity index (χ0n) is 11.7. The molecule has 1 aliphatic carbocycles. The van der Waals surface area contributed by atoms with Crippen molar-refractivity contribution in [1.29, 1.82) is 0 Å². The number of rotatable bonds is 6. The van der Waals surface area contributed by atoms with Crippen LogP contribution in [0.5, 0.6) is 0 Å². The summed E-state index contributed by atoms with van der Waals surface area (Å²) in [5, 5.41) is 18.1. The van der Waals surface area contributed by atoms with E-state index in [1.165, 1.54) is 18.2 Å². The van der Waals surface area contributed by atoms with E-state index in [0.717, 1.165) is 30.2 Å². The van der Waals surface area contributed by atoms with E-state index in [9.17, 15) is 4.79 Å². The number of thioether (sulfide) groups is 1. The largest absolute Gasteiger partial charge is 0.481 e. The minimum absolute atomic E-state index is 0.0377. The van der Waals surface area contributed by atoms with Crippen molar-refractivity contribution in [2.75, 3.05) is 5.75 Å². The fourth-order valence-electron chi connectivity index (χ4n) is 2.64. The van der Waals surface area contributed by atoms with Crippen molar-refractivity contribution < 1.29 is 9.90 Å². The van der Waals surface area contributed by atoms with Gasteiger partial charge in [0, 0.05) is 11.5 Å². The highest BCUT2D eigenvalue weighted by Gasteiger charge is 2.41. The van der Waals surface area contributed by atoms with Gasteiger partial charge in [-0.15, -0.1) is 10.2 Å². The summed E-state index contributed by atoms with van der Waals surface area (Å²) in [5.41, 5.74) is 0.115. The average Bonchev–Trinajstić information content (AvgIpc) is 2.70. The molecule has 1 fully saturated rings. The lowest BCUT2D eigenvalue weighted by molar-refractivity contribution is -0.133. The Morgan fingerprint density at radius 2 is 2.16 bits per heavy atom. The summed E-state index contributed by atoms with van der Waals surface area (Å²) in [6.45, 7) is 6.40. The van der Waals surface area contributed by atoms with E-state index in [1.54, 1.807) is 0 Å². The molecule has 0 spiro atoms. The third kappa shape index (κ3) is 2.63. The first-order valence-corrected chi connectivity index (χ1v) is 7.79. The molecule has 0 amide bonds. The molecule has 0 aliphatic heterocycles. The molecule has 1 N–H and O–H groups in total. The third-order valence-electron chi connectivity index (χ3n) is 3.92. The van der Waals surface area contributed by atoms with Gasteiger partial charge in [-0.2, -0.15) is 0 Å². The van der Waals surface area contributed by atoms with Crippen LogP contribution in [0.25, 0.3) is 0 Å². The molecule has 1 aromatic rings. The Morgan fingerprint density at radius 3 is 2.58 bits per heavy atom. The van der Waals surface area contributed by atoms with Gasteiger partial charge >= 0.3 is 5.97 Å². The Hall–Kier alpha value is -1.04. The molecule has 0 aromatic carbocycles. The van der Waals surface area contributed by atoms with Gasteiger partial charge in [0.15, 0.2) is 5.16 Å². The smallest absolute Gasteiger partial charge is 0.313 e. The maximum Gasteiger partial charge on any atom is 0.313 e. The first-order valence-electron chi connectivity index (χ1n) is 6.80. The summed E-state index contributed by atoms with van der Waals surface area (Å²) in [7, 11) is 0. The van der Waals surface area contributed by atoms with Crippen molar-refractivity contribution in [3.8, 4) is 0 Å². The highest BCUT2D eigenvalue weighted by molar-refractivity contribution is 7.99. The van der Waals surface area contributed by atoms with E-state index < -0.39 is 5.97 Å². The molecular weight excluding hydrogens is 262 g/mol. The number of carboxylic acids is 1. The van der Waals surface area contributed by atoms with Crippen LogP contribution in [0.1, 0.15) is 58.2 Å². The van der Waals surface area contributed by atoms with Crippen LogP contribution in [0.4, 0.5) is 0 Å². The number of nitrogens with zero attached hydrogens (tertiary/aromatic N) is 3. The van der Waals surface area contributed by atoms with Crippen LogP contribution in [0.3, 0.4) is 0 Å². The molecule has 0 bridgehead atoms. The third-order valence-corrected chi connectivity index (χ3v) is 4.83. The molecular formula is C13H21N3O2S. The number of hydrogen-bond donors (Lipinski definition) is 1. The van der Waals surface area contributed by atoms with Gasteiger partial charge in [-0.1, -0.05) is 32.5 Å². The lowest BCUT2D eigenvalue weighted by atomic mass is 9.74. The molecule has 6 heteroatoms. The summed E-state index contributed by atoms with van der Waals surface area (Å²) in [4.78, 5) is 10.7. The molecule has 0 radical (unpaired) electrons. The van der Waals surface area contributed by atoms with Gasteiger partial charge < -0.3 is 5.11 Å². The van der Waals surface area contributed by atoms with Crippen LogP contribution in [-0.2, 0) is 10.3 Å². The molecule has 0 unspecified atom stereocenters. The predicted octanol–water partition coefficient (Wildman–Crippen LogP) is 2.87. The average molecular weight is 283 g/mol. The number of hydrogen-bond acceptors (Lipinski definition) is 4. The van der Waals surface area contributed by atoms with Crippen molar-refractivity contribution in [1.82, 2.24) is 14.8 Å². The second kappa shape index (κ2) is 5.53. The van der Waals surface area contributed by atoms with Crippen LogP contribution in [-0.4, -0.2) is 31.6 Å². The fraction of sp³-hybridized carbons (Fsp3) is 0.769. The van der Waals surface area contributed by atoms with Gasteiger partial charge in [-0.3, -0.25) is 9.36 Å². The highest BCUT2D eigenvalue weighted by atomic mass is 32.2. The van der Waals surface area contributed by atoms with Gasteiger partial charge in [0.2, 0.25) is 0 Å². The van der Waals surface area contributed by atoms with Crippen molar-refractivity contribution in [3.05, 3.63) is 5.82 Å². The molecule has 0 atom stereocenters. The SMILES string of the molecule is CCC1(n2c(SCC(=O)O)nnc2C(C)C)CCC1. The first kappa shape index (κ1) is 14.4. The Morgan fingerprint density at radius 1 is 1.47 bits per heavy atom. The van der Waals surface area contributed by atoms with Crippen LogP contribution in [0, 0.1) is 0 Å². The van der Waals surface area contributed by atoms with Crippen molar-refractivity contribution >= 4 is 17.7 Å². The van der Waals surface area contributed by atoms with Crippen molar-refractivity contribution in [2.24, 2.45) is 0 Å². The first-order chi connectivity index (χ1) is 9.00. The standard InChI is InChI=1S/C13H21N3O2S/c1-4-13(6-5-7-13)16-11(9(2)3)14-15-12(16)19-8-10(17)18/h9H,4-8H2,1-3H3,(H,17,18). The van der Waals surface area contributed by atoms with Crippen LogP contribution < -0.4 is 0 Å². The normalized spacial score (nSPS) is 17.5. The van der Waals surface area contributed by atoms with Gasteiger partial charge in [0.05, 0.1) is 5.75 Å². The van der Waals surface area contributed by atoms with Crippen LogP contribution in [0.2, 0.25) is 0 Å². The summed E-state index contributed by atoms with van der Waals surface area (Å²) in [6, 6.07) is 0. The molecule has 1 aromatic heterocycles. The molecule has 0 saturated heterocycles. The molecule has 5 nitrogen and oxygen atoms in total. The summed E-state index contributed by atoms with van der Waals surface area (Å²) >= 11 is 1.27. The monoisotopic (exact) mass is 283 g/mol. The second-order valence-corrected chi connectivity index (χ2v) is 6.39. The Kier molecular flexibility index (Phi) is 4.18. The molecule has 1 aliphatic rings. The minimum Gasteiger partial charge on any atom is -0.481 e. The lowest BCUT2D eigenvalue weighted by Gasteiger charge is -2.44. The van der Waals surface area contributed by atoms with E-state index >= 15 is 0 Å². The van der Waals surface area contributed by atoms with E-state index in [-0.39, 0.29) is 11.3 Å². The van der Waals surface area contributed by atoms with Gasteiger partial charge in [-0.25, -0.2) is 0 Å². The summed E-state index contributed by atoms with van der Waals surface area (Å²) in [5.74, 6) is 0.505. The maximum atomic E-state index is 10.7. The number of carboxylic acid groups (broad SMARTS) is 1. The molecule has 1 heterocycles. The Bertz CT molecular complexity index is 461. The molecule has 106 valence electrons. The van der Waals surface area contributed by atoms with Crippen LogP contribution in [0.15, 0.2) is 5.16 Å². The number of carbonyl (C=O) groups is 1. The molecule has 2 rings (SSSR count). The van der Waals surface area contributed by atoms with E-state index in [0.29, 0.717) is 5.92 Å². The fourth-order valence-corrected chi connectivity index (χ4v) is 3.41. The molecule has 1 saturated carbocycles. The summed E-state index contributed by atoms with van der Waals surface area (Å²) < 4.78 is 2.22. The van der Waals surface area contributed by atoms with E-state index in [4.69, 9.17) is 5.11 Å². The Labute approximate surface area is 117 Å². The van der Waals surface area contributed by atoms with E-state index in [2.05, 4.69) is 35.5 Å². The van der Waals surface area contributed by atoms with Crippen molar-refractivity contribution in [3.63, 3.8) is 0 Å². The second-order valence-electron chi connectivity index (χ2n) is 5.44. The predicted molar refractivity (Wildman–Crippen MR) is 74.6 cm³/mol. The van der Waals surface area contributed by atoms with E-state index in [1.807, 2.05) is 0 Å². The zero-order valence-corrected chi connectivity index (χ0v) is 12.5. The maximum absolute atomic E-state index is 10.7. The van der Waals surface area contributed by atoms with Gasteiger partial charge in [0.25, 0.3) is 0 Å². The molecule has 19 heavy (non-hydrogen) atoms. The summed E-state index contributed by atoms with van der Waals surface area (Å²) in [6.07, 6.45) is 4.56. The lowest BCUT2D eigenvalue weighted by Crippen LogP contribution is -2.41. The topological polar surface area (TPSA) is 68.0 Å². The van der Waals surface area contributed by atoms with Gasteiger partial charge in [0.1, 0.15) is 5.82 Å². The highest BCUT2D eigenvalue weighted by Crippen LogP contribution is 2.45.